The van der Waals surface area contributed by atoms with Gasteiger partial charge < -0.3 is 22.9 Å². The van der Waals surface area contributed by atoms with Crippen LogP contribution in [-0.2, 0) is 9.84 Å². The molecule has 104 valence electrons. The largest absolute Gasteiger partial charge is 0.301 e. The van der Waals surface area contributed by atoms with Crippen LogP contribution in [0.25, 0.3) is 0 Å². The maximum Gasteiger partial charge on any atom is 0.214 e. The van der Waals surface area contributed by atoms with Crippen molar-refractivity contribution in [3.05, 3.63) is 0 Å². The summed E-state index contributed by atoms with van der Waals surface area (Å²) in [4.78, 5) is -3.69. The molecular weight excluding hydrogens is 240 g/mol. The van der Waals surface area contributed by atoms with Gasteiger partial charge in [-0.1, -0.05) is 26.7 Å². The maximum atomic E-state index is 12.2. The Morgan fingerprint density at radius 2 is 1.12 bits per heavy atom. The van der Waals surface area contributed by atoms with E-state index < -0.39 is 19.8 Å². The molecule has 7 heteroatoms. The fraction of sp³-hybridized carbons (Fsp3) is 1.00. The molecule has 6 nitrogen and oxygen atoms in total. The van der Waals surface area contributed by atoms with Gasteiger partial charge in [0.25, 0.3) is 0 Å². The van der Waals surface area contributed by atoms with Crippen molar-refractivity contribution in [2.45, 2.75) is 62.4 Å². The monoisotopic (exact) mass is 266 g/mol. The molecule has 17 heavy (non-hydrogen) atoms. The average Bonchev–Trinajstić information content (AvgIpc) is 2.23. The smallest absolute Gasteiger partial charge is 0.214 e. The van der Waals surface area contributed by atoms with Crippen LogP contribution in [0.1, 0.15) is 52.4 Å². The molecular formula is C10H26N4O2S. The molecule has 0 unspecified atom stereocenters. The number of nitrogens with two attached hydrogens (primary N) is 4. The average molecular weight is 266 g/mol. The van der Waals surface area contributed by atoms with Crippen LogP contribution >= 0.6 is 0 Å². The molecule has 0 spiro atoms. The lowest BCUT2D eigenvalue weighted by molar-refractivity contribution is 0.429. The summed E-state index contributed by atoms with van der Waals surface area (Å²) in [5.41, 5.74) is 22.7. The SMILES string of the molecule is CCCCC(N)(N)S(=O)(=O)C(N)(N)CCCC. The third kappa shape index (κ3) is 3.89. The predicted molar refractivity (Wildman–Crippen MR) is 70.2 cm³/mol. The van der Waals surface area contributed by atoms with E-state index >= 15 is 0 Å². The molecule has 0 aromatic heterocycles. The Kier molecular flexibility index (Phi) is 6.03. The standard InChI is InChI=1S/C10H26N4O2S/c1-3-5-7-9(11,12)17(15,16)10(13,14)8-6-4-2/h3-8,11-14H2,1-2H3. The molecule has 8 N–H and O–H groups in total. The Bertz CT molecular complexity index is 299. The minimum atomic E-state index is -3.97. The third-order valence-electron chi connectivity index (χ3n) is 2.84. The molecule has 0 fully saturated rings. The van der Waals surface area contributed by atoms with Gasteiger partial charge in [0.2, 0.25) is 9.84 Å². The number of unbranched alkanes of at least 4 members (excludes halogenated alkanes) is 2. The number of hydrogen-bond acceptors (Lipinski definition) is 6. The first-order valence-corrected chi connectivity index (χ1v) is 7.50. The first-order valence-electron chi connectivity index (χ1n) is 6.02. The molecule has 0 bridgehead atoms. The molecule has 0 heterocycles. The maximum absolute atomic E-state index is 12.2. The molecule has 0 radical (unpaired) electrons. The fourth-order valence-electron chi connectivity index (χ4n) is 1.53. The highest BCUT2D eigenvalue weighted by Gasteiger charge is 2.47. The summed E-state index contributed by atoms with van der Waals surface area (Å²) in [5.74, 6) is 0. The Morgan fingerprint density at radius 3 is 1.35 bits per heavy atom. The van der Waals surface area contributed by atoms with Crippen LogP contribution in [0, 0.1) is 0 Å². The van der Waals surface area contributed by atoms with Crippen molar-refractivity contribution in [3.8, 4) is 0 Å². The van der Waals surface area contributed by atoms with E-state index in [-0.39, 0.29) is 12.8 Å². The van der Waals surface area contributed by atoms with Crippen LogP contribution < -0.4 is 22.9 Å². The minimum Gasteiger partial charge on any atom is -0.301 e. The van der Waals surface area contributed by atoms with E-state index in [0.717, 1.165) is 12.8 Å². The van der Waals surface area contributed by atoms with Gasteiger partial charge in [-0.15, -0.1) is 0 Å². The summed E-state index contributed by atoms with van der Waals surface area (Å²) in [5, 5.41) is 0. The summed E-state index contributed by atoms with van der Waals surface area (Å²) in [6.07, 6.45) is 3.18. The zero-order valence-corrected chi connectivity index (χ0v) is 11.6. The van der Waals surface area contributed by atoms with Gasteiger partial charge in [0.05, 0.1) is 0 Å². The lowest BCUT2D eigenvalue weighted by Gasteiger charge is -2.34. The highest BCUT2D eigenvalue weighted by Crippen LogP contribution is 2.23. The molecule has 0 aromatic carbocycles. The van der Waals surface area contributed by atoms with Gasteiger partial charge in [0.1, 0.15) is 0 Å². The highest BCUT2D eigenvalue weighted by atomic mass is 32.2. The zero-order valence-electron chi connectivity index (χ0n) is 10.8. The molecule has 0 atom stereocenters. The molecule has 0 aliphatic carbocycles. The predicted octanol–water partition coefficient (Wildman–Crippen LogP) is -0.0760. The molecule has 0 saturated carbocycles. The summed E-state index contributed by atoms with van der Waals surface area (Å²) >= 11 is 0. The van der Waals surface area contributed by atoms with Gasteiger partial charge in [-0.05, 0) is 25.7 Å². The van der Waals surface area contributed by atoms with E-state index in [9.17, 15) is 8.42 Å². The quantitative estimate of drug-likeness (QED) is 0.453. The van der Waals surface area contributed by atoms with Crippen molar-refractivity contribution >= 4 is 9.84 Å². The van der Waals surface area contributed by atoms with Crippen LogP contribution in [-0.4, -0.2) is 18.4 Å². The lowest BCUT2D eigenvalue weighted by Crippen LogP contribution is -2.69. The van der Waals surface area contributed by atoms with Crippen molar-refractivity contribution in [1.29, 1.82) is 0 Å². The number of sulfone groups is 1. The van der Waals surface area contributed by atoms with Crippen molar-refractivity contribution in [1.82, 2.24) is 0 Å². The molecule has 0 aliphatic rings. The Balaban J connectivity index is 4.97. The van der Waals surface area contributed by atoms with Gasteiger partial charge in [0, 0.05) is 0 Å². The highest BCUT2D eigenvalue weighted by molar-refractivity contribution is 7.93. The topological polar surface area (TPSA) is 138 Å². The lowest BCUT2D eigenvalue weighted by atomic mass is 10.2. The van der Waals surface area contributed by atoms with E-state index in [2.05, 4.69) is 0 Å². The van der Waals surface area contributed by atoms with E-state index in [1.165, 1.54) is 0 Å². The zero-order chi connectivity index (χ0) is 13.7. The molecule has 0 aliphatic heterocycles. The van der Waals surface area contributed by atoms with Gasteiger partial charge >= 0.3 is 0 Å². The first kappa shape index (κ1) is 16.8. The van der Waals surface area contributed by atoms with Crippen molar-refractivity contribution in [2.75, 3.05) is 0 Å². The fourth-order valence-corrected chi connectivity index (χ4v) is 3.06. The molecule has 0 aromatic rings. The Hall–Kier alpha value is -0.210. The van der Waals surface area contributed by atoms with E-state index in [0.29, 0.717) is 12.8 Å². The van der Waals surface area contributed by atoms with Gasteiger partial charge in [-0.2, -0.15) is 0 Å². The number of hydrogen-bond donors (Lipinski definition) is 4. The molecule has 0 saturated heterocycles. The summed E-state index contributed by atoms with van der Waals surface area (Å²) in [6.45, 7) is 3.86. The Labute approximate surface area is 104 Å². The summed E-state index contributed by atoms with van der Waals surface area (Å²) in [7, 11) is -3.97. The first-order chi connectivity index (χ1) is 7.62. The minimum absolute atomic E-state index is 0.161. The Morgan fingerprint density at radius 1 is 0.824 bits per heavy atom. The van der Waals surface area contributed by atoms with Gasteiger partial charge in [-0.25, -0.2) is 8.42 Å². The van der Waals surface area contributed by atoms with Crippen molar-refractivity contribution < 1.29 is 8.42 Å². The van der Waals surface area contributed by atoms with Crippen LogP contribution in [0.15, 0.2) is 0 Å². The summed E-state index contributed by atoms with van der Waals surface area (Å²) in [6, 6.07) is 0. The van der Waals surface area contributed by atoms with Crippen LogP contribution in [0.4, 0.5) is 0 Å². The van der Waals surface area contributed by atoms with Crippen molar-refractivity contribution in [3.63, 3.8) is 0 Å². The second kappa shape index (κ2) is 6.10. The van der Waals surface area contributed by atoms with Gasteiger partial charge in [0.15, 0.2) is 9.99 Å². The second-order valence-corrected chi connectivity index (χ2v) is 7.15. The summed E-state index contributed by atoms with van der Waals surface area (Å²) < 4.78 is 24.4. The van der Waals surface area contributed by atoms with E-state index in [1.54, 1.807) is 0 Å². The van der Waals surface area contributed by atoms with Crippen LogP contribution in [0.2, 0.25) is 0 Å². The second-order valence-electron chi connectivity index (χ2n) is 4.62. The third-order valence-corrected chi connectivity index (χ3v) is 5.25. The number of rotatable bonds is 8. The van der Waals surface area contributed by atoms with E-state index in [1.807, 2.05) is 13.8 Å². The van der Waals surface area contributed by atoms with Crippen LogP contribution in [0.3, 0.4) is 0 Å². The van der Waals surface area contributed by atoms with Crippen molar-refractivity contribution in [2.24, 2.45) is 22.9 Å². The van der Waals surface area contributed by atoms with Crippen LogP contribution in [0.5, 0.6) is 0 Å². The molecule has 0 rings (SSSR count). The van der Waals surface area contributed by atoms with E-state index in [4.69, 9.17) is 22.9 Å². The molecule has 0 amide bonds. The normalized spacial score (nSPS) is 14.0. The van der Waals surface area contributed by atoms with Gasteiger partial charge in [-0.3, -0.25) is 0 Å².